The highest BCUT2D eigenvalue weighted by Crippen LogP contribution is 2.08. The summed E-state index contributed by atoms with van der Waals surface area (Å²) in [4.78, 5) is 0. The molecule has 0 radical (unpaired) electrons. The summed E-state index contributed by atoms with van der Waals surface area (Å²) in [7, 11) is -3.37. The molecular formula is C12H18O3S. The van der Waals surface area contributed by atoms with E-state index in [-0.39, 0.29) is 12.4 Å². The lowest BCUT2D eigenvalue weighted by molar-refractivity contribution is 0.306. The maximum Gasteiger partial charge on any atom is 0.267 e. The first-order valence-corrected chi connectivity index (χ1v) is 6.98. The molecule has 16 heavy (non-hydrogen) atoms. The van der Waals surface area contributed by atoms with Crippen molar-refractivity contribution in [2.75, 3.05) is 5.75 Å². The third kappa shape index (κ3) is 5.28. The van der Waals surface area contributed by atoms with Gasteiger partial charge in [0.05, 0.1) is 12.4 Å². The van der Waals surface area contributed by atoms with E-state index in [0.717, 1.165) is 5.56 Å². The quantitative estimate of drug-likeness (QED) is 0.720. The Kier molecular flexibility index (Phi) is 4.96. The van der Waals surface area contributed by atoms with Crippen molar-refractivity contribution in [3.05, 3.63) is 35.9 Å². The Morgan fingerprint density at radius 2 is 1.81 bits per heavy atom. The van der Waals surface area contributed by atoms with Crippen molar-refractivity contribution in [1.82, 2.24) is 0 Å². The van der Waals surface area contributed by atoms with Gasteiger partial charge in [0.15, 0.2) is 0 Å². The fourth-order valence-corrected chi connectivity index (χ4v) is 2.36. The van der Waals surface area contributed by atoms with Gasteiger partial charge in [0.2, 0.25) is 0 Å². The molecule has 0 aliphatic carbocycles. The van der Waals surface area contributed by atoms with Gasteiger partial charge in [0, 0.05) is 0 Å². The molecule has 1 aromatic rings. The van der Waals surface area contributed by atoms with Crippen LogP contribution in [0.15, 0.2) is 30.3 Å². The van der Waals surface area contributed by atoms with Gasteiger partial charge < -0.3 is 0 Å². The zero-order chi connectivity index (χ0) is 12.0. The minimum atomic E-state index is -3.37. The first kappa shape index (κ1) is 13.2. The van der Waals surface area contributed by atoms with E-state index in [4.69, 9.17) is 4.18 Å². The third-order valence-corrected chi connectivity index (χ3v) is 3.41. The zero-order valence-electron chi connectivity index (χ0n) is 9.72. The van der Waals surface area contributed by atoms with E-state index in [1.165, 1.54) is 0 Å². The molecule has 1 aromatic carbocycles. The Bertz CT molecular complexity index is 396. The molecule has 0 saturated carbocycles. The smallest absolute Gasteiger partial charge is 0.265 e. The molecule has 0 aliphatic rings. The van der Waals surface area contributed by atoms with Gasteiger partial charge in [-0.1, -0.05) is 44.2 Å². The molecule has 0 bridgehead atoms. The van der Waals surface area contributed by atoms with Gasteiger partial charge in [-0.25, -0.2) is 0 Å². The summed E-state index contributed by atoms with van der Waals surface area (Å²) in [5.74, 6) is 0.465. The van der Waals surface area contributed by atoms with Crippen LogP contribution in [0.2, 0.25) is 0 Å². The van der Waals surface area contributed by atoms with Crippen LogP contribution in [0.1, 0.15) is 25.8 Å². The summed E-state index contributed by atoms with van der Waals surface area (Å²) in [6, 6.07) is 9.30. The van der Waals surface area contributed by atoms with Crippen LogP contribution in [0.4, 0.5) is 0 Å². The Morgan fingerprint density at radius 1 is 1.19 bits per heavy atom. The SMILES string of the molecule is CC(C)CCS(=O)(=O)OCc1ccccc1. The highest BCUT2D eigenvalue weighted by molar-refractivity contribution is 7.86. The van der Waals surface area contributed by atoms with E-state index in [1.54, 1.807) is 0 Å². The summed E-state index contributed by atoms with van der Waals surface area (Å²) in [5.41, 5.74) is 0.871. The molecule has 0 aromatic heterocycles. The lowest BCUT2D eigenvalue weighted by atomic mass is 10.2. The molecular weight excluding hydrogens is 224 g/mol. The molecule has 0 amide bonds. The van der Waals surface area contributed by atoms with Crippen molar-refractivity contribution in [3.8, 4) is 0 Å². The van der Waals surface area contributed by atoms with Gasteiger partial charge in [0.25, 0.3) is 10.1 Å². The van der Waals surface area contributed by atoms with E-state index in [0.29, 0.717) is 12.3 Å². The summed E-state index contributed by atoms with van der Waals surface area (Å²) in [6.07, 6.45) is 0.636. The second kappa shape index (κ2) is 6.01. The van der Waals surface area contributed by atoms with Crippen LogP contribution in [0.5, 0.6) is 0 Å². The molecule has 0 N–H and O–H groups in total. The van der Waals surface area contributed by atoms with Crippen LogP contribution in [0.3, 0.4) is 0 Å². The number of hydrogen-bond acceptors (Lipinski definition) is 3. The Labute approximate surface area is 97.6 Å². The molecule has 0 unspecified atom stereocenters. The maximum atomic E-state index is 11.5. The Morgan fingerprint density at radius 3 is 2.38 bits per heavy atom. The van der Waals surface area contributed by atoms with Crippen molar-refractivity contribution >= 4 is 10.1 Å². The maximum absolute atomic E-state index is 11.5. The van der Waals surface area contributed by atoms with E-state index < -0.39 is 10.1 Å². The van der Waals surface area contributed by atoms with E-state index in [2.05, 4.69) is 0 Å². The molecule has 0 saturated heterocycles. The van der Waals surface area contributed by atoms with Crippen molar-refractivity contribution < 1.29 is 12.6 Å². The molecule has 0 atom stereocenters. The lowest BCUT2D eigenvalue weighted by Gasteiger charge is -2.07. The molecule has 4 heteroatoms. The monoisotopic (exact) mass is 242 g/mol. The van der Waals surface area contributed by atoms with Crippen molar-refractivity contribution in [2.24, 2.45) is 5.92 Å². The van der Waals surface area contributed by atoms with Gasteiger partial charge in [-0.05, 0) is 17.9 Å². The van der Waals surface area contributed by atoms with Crippen molar-refractivity contribution in [1.29, 1.82) is 0 Å². The fourth-order valence-electron chi connectivity index (χ4n) is 1.17. The normalized spacial score (nSPS) is 11.9. The number of hydrogen-bond donors (Lipinski definition) is 0. The standard InChI is InChI=1S/C12H18O3S/c1-11(2)8-9-16(13,14)15-10-12-6-4-3-5-7-12/h3-7,11H,8-10H2,1-2H3. The van der Waals surface area contributed by atoms with Crippen LogP contribution < -0.4 is 0 Å². The van der Waals surface area contributed by atoms with E-state index in [1.807, 2.05) is 44.2 Å². The summed E-state index contributed by atoms with van der Waals surface area (Å²) in [6.45, 7) is 4.11. The average molecular weight is 242 g/mol. The van der Waals surface area contributed by atoms with E-state index >= 15 is 0 Å². The second-order valence-electron chi connectivity index (χ2n) is 4.19. The number of rotatable bonds is 6. The molecule has 1 rings (SSSR count). The predicted molar refractivity (Wildman–Crippen MR) is 64.5 cm³/mol. The lowest BCUT2D eigenvalue weighted by Crippen LogP contribution is -2.12. The Balaban J connectivity index is 2.42. The van der Waals surface area contributed by atoms with Crippen molar-refractivity contribution in [2.45, 2.75) is 26.9 Å². The van der Waals surface area contributed by atoms with Crippen molar-refractivity contribution in [3.63, 3.8) is 0 Å². The largest absolute Gasteiger partial charge is 0.267 e. The Hall–Kier alpha value is -0.870. The van der Waals surface area contributed by atoms with Gasteiger partial charge in [0.1, 0.15) is 0 Å². The van der Waals surface area contributed by atoms with Gasteiger partial charge in [-0.3, -0.25) is 4.18 Å². The van der Waals surface area contributed by atoms with Crippen LogP contribution in [-0.2, 0) is 20.9 Å². The number of benzene rings is 1. The van der Waals surface area contributed by atoms with Crippen LogP contribution in [-0.4, -0.2) is 14.2 Å². The summed E-state index contributed by atoms with van der Waals surface area (Å²) < 4.78 is 27.9. The fraction of sp³-hybridized carbons (Fsp3) is 0.500. The minimum Gasteiger partial charge on any atom is -0.265 e. The first-order valence-electron chi connectivity index (χ1n) is 5.40. The zero-order valence-corrected chi connectivity index (χ0v) is 10.5. The molecule has 0 aliphatic heterocycles. The third-order valence-electron chi connectivity index (χ3n) is 2.19. The molecule has 3 nitrogen and oxygen atoms in total. The topological polar surface area (TPSA) is 43.4 Å². The van der Waals surface area contributed by atoms with Gasteiger partial charge >= 0.3 is 0 Å². The summed E-state index contributed by atoms with van der Waals surface area (Å²) >= 11 is 0. The highest BCUT2D eigenvalue weighted by Gasteiger charge is 2.12. The van der Waals surface area contributed by atoms with Crippen LogP contribution in [0.25, 0.3) is 0 Å². The van der Waals surface area contributed by atoms with Gasteiger partial charge in [-0.2, -0.15) is 8.42 Å². The molecule has 0 spiro atoms. The second-order valence-corrected chi connectivity index (χ2v) is 5.95. The average Bonchev–Trinajstić information content (AvgIpc) is 2.26. The van der Waals surface area contributed by atoms with Crippen LogP contribution in [0, 0.1) is 5.92 Å². The first-order chi connectivity index (χ1) is 7.49. The molecule has 0 fully saturated rings. The van der Waals surface area contributed by atoms with Gasteiger partial charge in [-0.15, -0.1) is 0 Å². The molecule has 90 valence electrons. The minimum absolute atomic E-state index is 0.0947. The van der Waals surface area contributed by atoms with Crippen LogP contribution >= 0.6 is 0 Å². The highest BCUT2D eigenvalue weighted by atomic mass is 32.2. The predicted octanol–water partition coefficient (Wildman–Crippen LogP) is 2.58. The molecule has 0 heterocycles. The van der Waals surface area contributed by atoms with E-state index in [9.17, 15) is 8.42 Å². The summed E-state index contributed by atoms with van der Waals surface area (Å²) in [5, 5.41) is 0.